The second-order valence-electron chi connectivity index (χ2n) is 7.80. The van der Waals surface area contributed by atoms with Gasteiger partial charge in [-0.2, -0.15) is 0 Å². The summed E-state index contributed by atoms with van der Waals surface area (Å²) in [4.78, 5) is 0. The van der Waals surface area contributed by atoms with E-state index in [2.05, 4.69) is 13.8 Å². The van der Waals surface area contributed by atoms with E-state index in [1.165, 1.54) is 151 Å². The predicted molar refractivity (Wildman–Crippen MR) is 126 cm³/mol. The maximum Gasteiger partial charge on any atom is -0.0350 e. The molecule has 0 aliphatic rings. The van der Waals surface area contributed by atoms with Gasteiger partial charge in [0.2, 0.25) is 0 Å². The zero-order valence-corrected chi connectivity index (χ0v) is 19.8. The third-order valence-electron chi connectivity index (χ3n) is 5.12. The first-order valence-corrected chi connectivity index (χ1v) is 14.7. The van der Waals surface area contributed by atoms with Crippen molar-refractivity contribution in [1.29, 1.82) is 0 Å². The van der Waals surface area contributed by atoms with Gasteiger partial charge in [0.15, 0.2) is 0 Å². The van der Waals surface area contributed by atoms with Crippen LogP contribution in [0.5, 0.6) is 0 Å². The van der Waals surface area contributed by atoms with Gasteiger partial charge in [0.1, 0.15) is 0 Å². The van der Waals surface area contributed by atoms with Crippen LogP contribution in [0.4, 0.5) is 0 Å². The highest BCUT2D eigenvalue weighted by molar-refractivity contribution is 7.39. The average molecular weight is 389 g/mol. The summed E-state index contributed by atoms with van der Waals surface area (Å²) in [5, 5.41) is 0. The van der Waals surface area contributed by atoms with Crippen LogP contribution >= 0.6 is 17.2 Å². The molecule has 0 radical (unpaired) electrons. The normalized spacial score (nSPS) is 12.2. The quantitative estimate of drug-likeness (QED) is 0.128. The molecule has 0 bridgehead atoms. The van der Waals surface area contributed by atoms with Gasteiger partial charge in [0, 0.05) is 0 Å². The van der Waals surface area contributed by atoms with Gasteiger partial charge in [0.25, 0.3) is 0 Å². The molecule has 0 N–H and O–H groups in total. The monoisotopic (exact) mass is 388 g/mol. The van der Waals surface area contributed by atoms with E-state index in [1.807, 2.05) is 0 Å². The van der Waals surface area contributed by atoms with E-state index in [0.29, 0.717) is 0 Å². The van der Waals surface area contributed by atoms with E-state index in [4.69, 9.17) is 0 Å². The minimum Gasteiger partial charge on any atom is -0.122 e. The molecule has 0 aliphatic carbocycles. The highest BCUT2D eigenvalue weighted by atomic mass is 31.1. The third kappa shape index (κ3) is 24.9. The number of hydrogen-bond acceptors (Lipinski definition) is 0. The maximum atomic E-state index is 2.30. The van der Waals surface area contributed by atoms with Crippen molar-refractivity contribution >= 4 is 17.2 Å². The van der Waals surface area contributed by atoms with Crippen LogP contribution in [0, 0.1) is 0 Å². The Morgan fingerprint density at radius 1 is 0.320 bits per heavy atom. The molecule has 0 spiro atoms. The van der Waals surface area contributed by atoms with E-state index in [0.717, 1.165) is 0 Å². The second kappa shape index (κ2) is 24.9. The van der Waals surface area contributed by atoms with E-state index in [1.54, 1.807) is 0 Å². The lowest BCUT2D eigenvalue weighted by atomic mass is 10.1. The first kappa shape index (κ1) is 25.9. The van der Waals surface area contributed by atoms with Crippen molar-refractivity contribution in [3.63, 3.8) is 0 Å². The van der Waals surface area contributed by atoms with Crippen molar-refractivity contribution in [1.82, 2.24) is 0 Å². The molecule has 0 amide bonds. The SMILES string of the molecule is CCCCCCCCCCPCCCPCCCCCCCCCC. The van der Waals surface area contributed by atoms with Crippen LogP contribution in [0.25, 0.3) is 0 Å². The summed E-state index contributed by atoms with van der Waals surface area (Å²) < 4.78 is 0. The molecule has 0 aromatic rings. The summed E-state index contributed by atoms with van der Waals surface area (Å²) in [5.74, 6) is 0. The average Bonchev–Trinajstić information content (AvgIpc) is 2.63. The molecule has 0 heterocycles. The fraction of sp³-hybridized carbons (Fsp3) is 1.00. The fourth-order valence-corrected chi connectivity index (χ4v) is 6.06. The Labute approximate surface area is 165 Å². The first-order chi connectivity index (χ1) is 12.4. The molecule has 0 saturated heterocycles. The van der Waals surface area contributed by atoms with Crippen molar-refractivity contribution in [2.45, 2.75) is 123 Å². The molecule has 0 aromatic carbocycles. The summed E-state index contributed by atoms with van der Waals surface area (Å²) in [5.41, 5.74) is 0. The molecule has 0 aromatic heterocycles. The van der Waals surface area contributed by atoms with Crippen LogP contribution < -0.4 is 0 Å². The van der Waals surface area contributed by atoms with Crippen LogP contribution in [-0.2, 0) is 0 Å². The molecule has 2 heteroatoms. The van der Waals surface area contributed by atoms with E-state index >= 15 is 0 Å². The minimum absolute atomic E-state index is 1.26. The molecule has 152 valence electrons. The summed E-state index contributed by atoms with van der Waals surface area (Å²) >= 11 is 0. The van der Waals surface area contributed by atoms with Gasteiger partial charge in [-0.1, -0.05) is 104 Å². The number of unbranched alkanes of at least 4 members (excludes halogenated alkanes) is 14. The zero-order valence-electron chi connectivity index (χ0n) is 17.8. The van der Waals surface area contributed by atoms with Crippen molar-refractivity contribution in [3.8, 4) is 0 Å². The highest BCUT2D eigenvalue weighted by Gasteiger charge is 1.95. The molecule has 0 saturated carbocycles. The van der Waals surface area contributed by atoms with Crippen molar-refractivity contribution < 1.29 is 0 Å². The Morgan fingerprint density at radius 2 is 0.600 bits per heavy atom. The number of rotatable bonds is 22. The van der Waals surface area contributed by atoms with Gasteiger partial charge in [-0.05, 0) is 43.9 Å². The van der Waals surface area contributed by atoms with Gasteiger partial charge in [-0.25, -0.2) is 0 Å². The summed E-state index contributed by atoms with van der Waals surface area (Å²) in [6, 6.07) is 0. The van der Waals surface area contributed by atoms with Crippen molar-refractivity contribution in [2.24, 2.45) is 0 Å². The summed E-state index contributed by atoms with van der Waals surface area (Å²) in [6.45, 7) is 4.61. The van der Waals surface area contributed by atoms with Crippen LogP contribution in [0.1, 0.15) is 123 Å². The van der Waals surface area contributed by atoms with Gasteiger partial charge in [-0.15, -0.1) is 17.2 Å². The summed E-state index contributed by atoms with van der Waals surface area (Å²) in [6.07, 6.45) is 31.1. The molecule has 0 aliphatic heterocycles. The zero-order chi connectivity index (χ0) is 18.3. The van der Waals surface area contributed by atoms with Crippen LogP contribution in [-0.4, -0.2) is 24.6 Å². The Kier molecular flexibility index (Phi) is 25.7. The smallest absolute Gasteiger partial charge is 0.0350 e. The predicted octanol–water partition coefficient (Wildman–Crippen LogP) is 9.01. The largest absolute Gasteiger partial charge is 0.122 e. The van der Waals surface area contributed by atoms with Crippen LogP contribution in [0.2, 0.25) is 0 Å². The first-order valence-electron chi connectivity index (χ1n) is 11.8. The lowest BCUT2D eigenvalue weighted by Crippen LogP contribution is -1.87. The number of hydrogen-bond donors (Lipinski definition) is 0. The van der Waals surface area contributed by atoms with E-state index < -0.39 is 0 Å². The molecule has 0 fully saturated rings. The van der Waals surface area contributed by atoms with E-state index in [-0.39, 0.29) is 0 Å². The molecule has 2 atom stereocenters. The maximum absolute atomic E-state index is 2.30. The van der Waals surface area contributed by atoms with Crippen molar-refractivity contribution in [2.75, 3.05) is 24.6 Å². The molecule has 2 unspecified atom stereocenters. The molecule has 25 heavy (non-hydrogen) atoms. The molecule has 0 rings (SSSR count). The van der Waals surface area contributed by atoms with Gasteiger partial charge in [-0.3, -0.25) is 0 Å². The standard InChI is InChI=1S/C23H50P2/c1-3-5-7-9-11-13-15-17-20-24-22-19-23-25-21-18-16-14-12-10-8-6-4-2/h24-25H,3-23H2,1-2H3. The van der Waals surface area contributed by atoms with Crippen LogP contribution in [0.3, 0.4) is 0 Å². The Hall–Kier alpha value is 0.860. The van der Waals surface area contributed by atoms with Gasteiger partial charge >= 0.3 is 0 Å². The lowest BCUT2D eigenvalue weighted by Gasteiger charge is -2.04. The highest BCUT2D eigenvalue weighted by Crippen LogP contribution is 2.21. The fourth-order valence-electron chi connectivity index (χ4n) is 3.36. The van der Waals surface area contributed by atoms with Gasteiger partial charge < -0.3 is 0 Å². The van der Waals surface area contributed by atoms with E-state index in [9.17, 15) is 0 Å². The molecular formula is C23H50P2. The molecule has 0 nitrogen and oxygen atoms in total. The Balaban J connectivity index is 2.94. The molecular weight excluding hydrogens is 338 g/mol. The summed E-state index contributed by atoms with van der Waals surface area (Å²) in [7, 11) is 2.52. The Bertz CT molecular complexity index is 196. The third-order valence-corrected chi connectivity index (χ3v) is 7.95. The second-order valence-corrected chi connectivity index (χ2v) is 10.8. The van der Waals surface area contributed by atoms with Gasteiger partial charge in [0.05, 0.1) is 0 Å². The van der Waals surface area contributed by atoms with Crippen LogP contribution in [0.15, 0.2) is 0 Å². The topological polar surface area (TPSA) is 0 Å². The van der Waals surface area contributed by atoms with Crippen molar-refractivity contribution in [3.05, 3.63) is 0 Å². The minimum atomic E-state index is 1.26. The Morgan fingerprint density at radius 3 is 0.960 bits per heavy atom. The lowest BCUT2D eigenvalue weighted by molar-refractivity contribution is 0.586.